The van der Waals surface area contributed by atoms with Crippen molar-refractivity contribution < 1.29 is 14.3 Å². The van der Waals surface area contributed by atoms with Crippen LogP contribution in [-0.4, -0.2) is 35.0 Å². The molecule has 116 valence electrons. The Morgan fingerprint density at radius 1 is 1.32 bits per heavy atom. The molecular weight excluding hydrogens is 282 g/mol. The number of aromatic nitrogens is 3. The van der Waals surface area contributed by atoms with E-state index in [1.54, 1.807) is 7.11 Å². The summed E-state index contributed by atoms with van der Waals surface area (Å²) in [7, 11) is 3.08. The summed E-state index contributed by atoms with van der Waals surface area (Å²) in [5.41, 5.74) is 1.13. The number of hydrogen-bond donors (Lipinski definition) is 0. The van der Waals surface area contributed by atoms with Crippen LogP contribution in [0.1, 0.15) is 23.6 Å². The molecule has 0 radical (unpaired) electrons. The SMILES string of the molecule is COC(=O)C1CCc2nc(Cc3ccc(OC)cc3)nn2C1. The lowest BCUT2D eigenvalue weighted by atomic mass is 10.0. The Balaban J connectivity index is 1.72. The van der Waals surface area contributed by atoms with Gasteiger partial charge in [-0.15, -0.1) is 0 Å². The van der Waals surface area contributed by atoms with Crippen molar-refractivity contribution in [2.75, 3.05) is 14.2 Å². The van der Waals surface area contributed by atoms with Crippen LogP contribution in [0.15, 0.2) is 24.3 Å². The van der Waals surface area contributed by atoms with Crippen LogP contribution < -0.4 is 4.74 Å². The van der Waals surface area contributed by atoms with E-state index in [1.807, 2.05) is 28.9 Å². The van der Waals surface area contributed by atoms with E-state index >= 15 is 0 Å². The highest BCUT2D eigenvalue weighted by Gasteiger charge is 2.27. The molecule has 0 saturated carbocycles. The second-order valence-corrected chi connectivity index (χ2v) is 5.41. The quantitative estimate of drug-likeness (QED) is 0.803. The minimum atomic E-state index is -0.169. The number of benzene rings is 1. The predicted octanol–water partition coefficient (Wildman–Crippen LogP) is 1.61. The van der Waals surface area contributed by atoms with Crippen LogP contribution in [0.5, 0.6) is 5.75 Å². The third-order valence-corrected chi connectivity index (χ3v) is 3.96. The molecule has 0 saturated heterocycles. The molecule has 0 bridgehead atoms. The van der Waals surface area contributed by atoms with Crippen molar-refractivity contribution in [3.63, 3.8) is 0 Å². The molecule has 1 unspecified atom stereocenters. The van der Waals surface area contributed by atoms with E-state index in [4.69, 9.17) is 9.47 Å². The van der Waals surface area contributed by atoms with E-state index in [9.17, 15) is 4.79 Å². The zero-order chi connectivity index (χ0) is 15.5. The highest BCUT2D eigenvalue weighted by Crippen LogP contribution is 2.20. The van der Waals surface area contributed by atoms with Gasteiger partial charge in [-0.05, 0) is 24.1 Å². The summed E-state index contributed by atoms with van der Waals surface area (Å²) < 4.78 is 11.8. The number of ether oxygens (including phenoxy) is 2. The maximum absolute atomic E-state index is 11.6. The summed E-state index contributed by atoms with van der Waals surface area (Å²) in [5.74, 6) is 2.28. The first-order valence-corrected chi connectivity index (χ1v) is 7.33. The van der Waals surface area contributed by atoms with E-state index in [0.717, 1.165) is 35.8 Å². The van der Waals surface area contributed by atoms with E-state index in [1.165, 1.54) is 7.11 Å². The molecule has 1 aromatic heterocycles. The summed E-state index contributed by atoms with van der Waals surface area (Å²) in [6.45, 7) is 0.553. The number of nitrogens with zero attached hydrogens (tertiary/aromatic N) is 3. The van der Waals surface area contributed by atoms with E-state index in [0.29, 0.717) is 13.0 Å². The maximum atomic E-state index is 11.6. The molecule has 22 heavy (non-hydrogen) atoms. The Labute approximate surface area is 129 Å². The Morgan fingerprint density at radius 3 is 2.77 bits per heavy atom. The number of aryl methyl sites for hydroxylation is 1. The first kappa shape index (κ1) is 14.6. The Hall–Kier alpha value is -2.37. The molecule has 0 aliphatic carbocycles. The molecule has 6 nitrogen and oxygen atoms in total. The number of hydrogen-bond acceptors (Lipinski definition) is 5. The lowest BCUT2D eigenvalue weighted by Crippen LogP contribution is -2.28. The van der Waals surface area contributed by atoms with Crippen LogP contribution in [0.2, 0.25) is 0 Å². The van der Waals surface area contributed by atoms with Crippen molar-refractivity contribution in [1.29, 1.82) is 0 Å². The van der Waals surface area contributed by atoms with Gasteiger partial charge in [0.15, 0.2) is 5.82 Å². The highest BCUT2D eigenvalue weighted by atomic mass is 16.5. The van der Waals surface area contributed by atoms with Gasteiger partial charge < -0.3 is 9.47 Å². The molecule has 1 aromatic carbocycles. The summed E-state index contributed by atoms with van der Waals surface area (Å²) in [6.07, 6.45) is 2.20. The first-order chi connectivity index (χ1) is 10.7. The fourth-order valence-electron chi connectivity index (χ4n) is 2.72. The van der Waals surface area contributed by atoms with E-state index in [-0.39, 0.29) is 11.9 Å². The van der Waals surface area contributed by atoms with Crippen LogP contribution in [0.3, 0.4) is 0 Å². The van der Waals surface area contributed by atoms with Crippen molar-refractivity contribution in [3.8, 4) is 5.75 Å². The number of methoxy groups -OCH3 is 2. The molecule has 0 fully saturated rings. The van der Waals surface area contributed by atoms with Crippen LogP contribution in [-0.2, 0) is 28.9 Å². The number of fused-ring (bicyclic) bond motifs is 1. The van der Waals surface area contributed by atoms with Gasteiger partial charge in [-0.3, -0.25) is 4.79 Å². The summed E-state index contributed by atoms with van der Waals surface area (Å²) >= 11 is 0. The molecule has 2 aromatic rings. The molecule has 1 aliphatic rings. The minimum Gasteiger partial charge on any atom is -0.497 e. The third kappa shape index (κ3) is 2.95. The van der Waals surface area contributed by atoms with Crippen molar-refractivity contribution in [2.24, 2.45) is 5.92 Å². The fraction of sp³-hybridized carbons (Fsp3) is 0.438. The van der Waals surface area contributed by atoms with Gasteiger partial charge in [0, 0.05) is 12.8 Å². The van der Waals surface area contributed by atoms with Crippen LogP contribution in [0, 0.1) is 5.92 Å². The second-order valence-electron chi connectivity index (χ2n) is 5.41. The Morgan fingerprint density at radius 2 is 2.09 bits per heavy atom. The molecule has 2 heterocycles. The van der Waals surface area contributed by atoms with Gasteiger partial charge >= 0.3 is 5.97 Å². The molecule has 0 spiro atoms. The van der Waals surface area contributed by atoms with Crippen molar-refractivity contribution in [3.05, 3.63) is 41.5 Å². The predicted molar refractivity (Wildman–Crippen MR) is 79.6 cm³/mol. The average molecular weight is 301 g/mol. The lowest BCUT2D eigenvalue weighted by Gasteiger charge is -2.19. The minimum absolute atomic E-state index is 0.118. The van der Waals surface area contributed by atoms with Crippen molar-refractivity contribution in [1.82, 2.24) is 14.8 Å². The molecule has 0 N–H and O–H groups in total. The van der Waals surface area contributed by atoms with Crippen LogP contribution in [0.25, 0.3) is 0 Å². The average Bonchev–Trinajstić information content (AvgIpc) is 2.96. The molecule has 0 amide bonds. The van der Waals surface area contributed by atoms with Gasteiger partial charge in [-0.1, -0.05) is 12.1 Å². The zero-order valence-corrected chi connectivity index (χ0v) is 12.8. The number of carbonyl (C=O) groups excluding carboxylic acids is 1. The van der Waals surface area contributed by atoms with E-state index < -0.39 is 0 Å². The number of esters is 1. The zero-order valence-electron chi connectivity index (χ0n) is 12.8. The Bertz CT molecular complexity index is 664. The summed E-state index contributed by atoms with van der Waals surface area (Å²) in [5, 5.41) is 4.52. The number of rotatable bonds is 4. The largest absolute Gasteiger partial charge is 0.497 e. The van der Waals surface area contributed by atoms with Gasteiger partial charge in [0.2, 0.25) is 0 Å². The van der Waals surface area contributed by atoms with Crippen molar-refractivity contribution in [2.45, 2.75) is 25.8 Å². The van der Waals surface area contributed by atoms with Crippen LogP contribution in [0.4, 0.5) is 0 Å². The molecule has 6 heteroatoms. The lowest BCUT2D eigenvalue weighted by molar-refractivity contribution is -0.146. The Kier molecular flexibility index (Phi) is 4.09. The second kappa shape index (κ2) is 6.17. The standard InChI is InChI=1S/C16H19N3O3/c1-21-13-6-3-11(4-7-13)9-14-17-15-8-5-12(16(20)22-2)10-19(15)18-14/h3-4,6-7,12H,5,8-10H2,1-2H3. The third-order valence-electron chi connectivity index (χ3n) is 3.96. The highest BCUT2D eigenvalue weighted by molar-refractivity contribution is 5.72. The molecule has 1 atom stereocenters. The van der Waals surface area contributed by atoms with Gasteiger partial charge in [0.1, 0.15) is 11.6 Å². The molecule has 3 rings (SSSR count). The maximum Gasteiger partial charge on any atom is 0.310 e. The van der Waals surface area contributed by atoms with E-state index in [2.05, 4.69) is 10.1 Å². The molecular formula is C16H19N3O3. The van der Waals surface area contributed by atoms with Gasteiger partial charge in [-0.25, -0.2) is 9.67 Å². The van der Waals surface area contributed by atoms with Crippen LogP contribution >= 0.6 is 0 Å². The fourth-order valence-corrected chi connectivity index (χ4v) is 2.72. The summed E-state index contributed by atoms with van der Waals surface area (Å²) in [6, 6.07) is 7.88. The summed E-state index contributed by atoms with van der Waals surface area (Å²) in [4.78, 5) is 16.2. The molecule has 1 aliphatic heterocycles. The monoisotopic (exact) mass is 301 g/mol. The smallest absolute Gasteiger partial charge is 0.310 e. The van der Waals surface area contributed by atoms with Gasteiger partial charge in [0.25, 0.3) is 0 Å². The normalized spacial score (nSPS) is 16.9. The van der Waals surface area contributed by atoms with Gasteiger partial charge in [0.05, 0.1) is 26.7 Å². The number of carbonyl (C=O) groups is 1. The van der Waals surface area contributed by atoms with Gasteiger partial charge in [-0.2, -0.15) is 5.10 Å². The first-order valence-electron chi connectivity index (χ1n) is 7.33. The van der Waals surface area contributed by atoms with Crippen molar-refractivity contribution >= 4 is 5.97 Å². The topological polar surface area (TPSA) is 66.2 Å².